The van der Waals surface area contributed by atoms with Crippen molar-refractivity contribution in [2.45, 2.75) is 13.2 Å². The van der Waals surface area contributed by atoms with Crippen molar-refractivity contribution in [1.29, 1.82) is 0 Å². The van der Waals surface area contributed by atoms with E-state index in [0.29, 0.717) is 5.56 Å². The molecule has 5 nitrogen and oxygen atoms in total. The van der Waals surface area contributed by atoms with Crippen LogP contribution in [0.2, 0.25) is 15.1 Å². The van der Waals surface area contributed by atoms with E-state index in [1.807, 2.05) is 0 Å². The molecule has 2 rings (SSSR count). The Hall–Kier alpha value is -1.96. The van der Waals surface area contributed by atoms with Crippen LogP contribution in [0.5, 0.6) is 17.2 Å². The minimum absolute atomic E-state index is 0.00231. The van der Waals surface area contributed by atoms with Gasteiger partial charge in [0, 0.05) is 13.6 Å². The Morgan fingerprint density at radius 3 is 2.44 bits per heavy atom. The lowest BCUT2D eigenvalue weighted by Crippen LogP contribution is -2.26. The Labute approximate surface area is 168 Å². The third-order valence-electron chi connectivity index (χ3n) is 3.57. The maximum absolute atomic E-state index is 12.7. The fourth-order valence-corrected chi connectivity index (χ4v) is 3.01. The normalized spacial score (nSPS) is 10.8. The van der Waals surface area contributed by atoms with Gasteiger partial charge in [-0.25, -0.2) is 0 Å². The molecular weight excluding hydrogens is 427 g/mol. The Morgan fingerprint density at radius 2 is 1.85 bits per heavy atom. The van der Waals surface area contributed by atoms with Crippen LogP contribution in [-0.4, -0.2) is 36.7 Å². The van der Waals surface area contributed by atoms with Crippen molar-refractivity contribution in [2.24, 2.45) is 0 Å². The summed E-state index contributed by atoms with van der Waals surface area (Å²) in [5, 5.41) is 9.79. The zero-order valence-corrected chi connectivity index (χ0v) is 16.4. The number of halogens is 5. The number of alkyl halides is 2. The van der Waals surface area contributed by atoms with Crippen LogP contribution in [0.1, 0.15) is 15.9 Å². The molecule has 27 heavy (non-hydrogen) atoms. The second-order valence-corrected chi connectivity index (χ2v) is 6.60. The van der Waals surface area contributed by atoms with Gasteiger partial charge in [0.05, 0.1) is 22.2 Å². The average Bonchev–Trinajstić information content (AvgIpc) is 2.60. The van der Waals surface area contributed by atoms with E-state index in [1.165, 1.54) is 37.3 Å². The molecule has 1 N–H and O–H groups in total. The molecule has 0 aliphatic carbocycles. The van der Waals surface area contributed by atoms with Crippen molar-refractivity contribution in [2.75, 3.05) is 14.2 Å². The molecule has 0 saturated carbocycles. The van der Waals surface area contributed by atoms with Crippen LogP contribution in [0.15, 0.2) is 24.3 Å². The zero-order valence-electron chi connectivity index (χ0n) is 14.1. The van der Waals surface area contributed by atoms with E-state index in [4.69, 9.17) is 39.5 Å². The van der Waals surface area contributed by atoms with Gasteiger partial charge >= 0.3 is 6.61 Å². The topological polar surface area (TPSA) is 59.0 Å². The van der Waals surface area contributed by atoms with Gasteiger partial charge in [-0.3, -0.25) is 4.79 Å². The second-order valence-electron chi connectivity index (χ2n) is 5.40. The third kappa shape index (κ3) is 4.86. The summed E-state index contributed by atoms with van der Waals surface area (Å²) in [6.45, 7) is -3.03. The highest BCUT2D eigenvalue weighted by Gasteiger charge is 2.24. The van der Waals surface area contributed by atoms with Crippen molar-refractivity contribution in [3.05, 3.63) is 50.5 Å². The molecule has 0 fully saturated rings. The van der Waals surface area contributed by atoms with Crippen molar-refractivity contribution in [3.8, 4) is 17.2 Å². The molecule has 2 aromatic rings. The number of nitrogens with zero attached hydrogens (tertiary/aromatic N) is 1. The molecule has 0 aromatic heterocycles. The van der Waals surface area contributed by atoms with Gasteiger partial charge in [-0.2, -0.15) is 8.78 Å². The number of benzene rings is 2. The molecular formula is C17H14Cl3F2NO4. The Kier molecular flexibility index (Phi) is 6.97. The van der Waals surface area contributed by atoms with Crippen LogP contribution >= 0.6 is 34.8 Å². The lowest BCUT2D eigenvalue weighted by molar-refractivity contribution is -0.0512. The van der Waals surface area contributed by atoms with Crippen LogP contribution in [0, 0.1) is 0 Å². The molecule has 0 aliphatic heterocycles. The smallest absolute Gasteiger partial charge is 0.387 e. The fourth-order valence-electron chi connectivity index (χ4n) is 2.32. The molecule has 0 aliphatic rings. The molecule has 0 spiro atoms. The number of methoxy groups -OCH3 is 1. The number of hydrogen-bond acceptors (Lipinski definition) is 4. The summed E-state index contributed by atoms with van der Waals surface area (Å²) < 4.78 is 34.4. The van der Waals surface area contributed by atoms with Crippen LogP contribution in [0.4, 0.5) is 8.78 Å². The highest BCUT2D eigenvalue weighted by molar-refractivity contribution is 6.45. The maximum atomic E-state index is 12.7. The number of amides is 1. The van der Waals surface area contributed by atoms with Gasteiger partial charge in [0.15, 0.2) is 11.5 Å². The van der Waals surface area contributed by atoms with E-state index in [9.17, 15) is 18.7 Å². The van der Waals surface area contributed by atoms with E-state index in [2.05, 4.69) is 4.74 Å². The summed E-state index contributed by atoms with van der Waals surface area (Å²) in [7, 11) is 2.75. The highest BCUT2D eigenvalue weighted by atomic mass is 35.5. The molecule has 0 saturated heterocycles. The van der Waals surface area contributed by atoms with Crippen LogP contribution < -0.4 is 9.47 Å². The first-order valence-corrected chi connectivity index (χ1v) is 8.52. The van der Waals surface area contributed by atoms with Crippen molar-refractivity contribution < 1.29 is 28.2 Å². The highest BCUT2D eigenvalue weighted by Crippen LogP contribution is 2.39. The summed E-state index contributed by atoms with van der Waals surface area (Å²) in [6, 6.07) is 5.55. The number of phenols is 1. The molecule has 0 bridgehead atoms. The summed E-state index contributed by atoms with van der Waals surface area (Å²) >= 11 is 17.8. The average molecular weight is 441 g/mol. The number of carbonyl (C=O) groups excluding carboxylic acids is 1. The van der Waals surface area contributed by atoms with Crippen LogP contribution in [0.25, 0.3) is 0 Å². The standard InChI is InChI=1S/C17H14Cl3F2NO4/c1-23(16(25)13-14(20)9(18)6-10(19)15(13)24)7-8-3-4-11(26-2)12(5-8)27-17(21)22/h3-6,17,24H,7H2,1-2H3. The van der Waals surface area contributed by atoms with E-state index in [-0.39, 0.29) is 38.7 Å². The third-order valence-corrected chi connectivity index (χ3v) is 4.65. The predicted molar refractivity (Wildman–Crippen MR) is 98.6 cm³/mol. The molecule has 1 amide bonds. The molecule has 0 atom stereocenters. The largest absolute Gasteiger partial charge is 0.505 e. The van der Waals surface area contributed by atoms with E-state index < -0.39 is 18.3 Å². The summed E-state index contributed by atoms with van der Waals surface area (Å²) in [4.78, 5) is 13.9. The minimum atomic E-state index is -3.03. The van der Waals surface area contributed by atoms with Crippen LogP contribution in [-0.2, 0) is 6.54 Å². The van der Waals surface area contributed by atoms with Crippen molar-refractivity contribution >= 4 is 40.7 Å². The van der Waals surface area contributed by atoms with Gasteiger partial charge < -0.3 is 19.5 Å². The lowest BCUT2D eigenvalue weighted by Gasteiger charge is -2.20. The van der Waals surface area contributed by atoms with Crippen LogP contribution in [0.3, 0.4) is 0 Å². The Balaban J connectivity index is 2.30. The number of hydrogen-bond donors (Lipinski definition) is 1. The fraction of sp³-hybridized carbons (Fsp3) is 0.235. The number of carbonyl (C=O) groups is 1. The van der Waals surface area contributed by atoms with Gasteiger partial charge in [0.25, 0.3) is 5.91 Å². The van der Waals surface area contributed by atoms with E-state index in [0.717, 1.165) is 0 Å². The quantitative estimate of drug-likeness (QED) is 0.625. The Morgan fingerprint density at radius 1 is 1.19 bits per heavy atom. The molecule has 146 valence electrons. The number of aromatic hydroxyl groups is 1. The van der Waals surface area contributed by atoms with E-state index >= 15 is 0 Å². The zero-order chi connectivity index (χ0) is 20.3. The first-order chi connectivity index (χ1) is 12.6. The van der Waals surface area contributed by atoms with Gasteiger partial charge in [-0.1, -0.05) is 40.9 Å². The van der Waals surface area contributed by atoms with Gasteiger partial charge in [-0.05, 0) is 23.8 Å². The predicted octanol–water partition coefficient (Wildman–Crippen LogP) is 5.23. The molecule has 0 radical (unpaired) electrons. The number of rotatable bonds is 6. The lowest BCUT2D eigenvalue weighted by atomic mass is 10.1. The van der Waals surface area contributed by atoms with Gasteiger partial charge in [-0.15, -0.1) is 0 Å². The summed E-state index contributed by atoms with van der Waals surface area (Å²) in [6.07, 6.45) is 0. The molecule has 0 heterocycles. The Bertz CT molecular complexity index is 838. The van der Waals surface area contributed by atoms with Crippen molar-refractivity contribution in [3.63, 3.8) is 0 Å². The molecule has 2 aromatic carbocycles. The SMILES string of the molecule is COc1ccc(CN(C)C(=O)c2c(O)c(Cl)cc(Cl)c2Cl)cc1OC(F)F. The maximum Gasteiger partial charge on any atom is 0.387 e. The minimum Gasteiger partial charge on any atom is -0.505 e. The number of phenolic OH excluding ortho intramolecular Hbond substituents is 1. The van der Waals surface area contributed by atoms with Crippen molar-refractivity contribution in [1.82, 2.24) is 4.90 Å². The number of ether oxygens (including phenoxy) is 2. The van der Waals surface area contributed by atoms with E-state index in [1.54, 1.807) is 6.07 Å². The first kappa shape index (κ1) is 21.3. The summed E-state index contributed by atoms with van der Waals surface area (Å²) in [5.41, 5.74) is 0.222. The molecule has 0 unspecified atom stereocenters. The van der Waals surface area contributed by atoms with Gasteiger partial charge in [0.1, 0.15) is 11.3 Å². The monoisotopic (exact) mass is 439 g/mol. The first-order valence-electron chi connectivity index (χ1n) is 7.39. The summed E-state index contributed by atoms with van der Waals surface area (Å²) in [5.74, 6) is -1.21. The second kappa shape index (κ2) is 8.82. The molecule has 10 heteroatoms. The van der Waals surface area contributed by atoms with Gasteiger partial charge in [0.2, 0.25) is 0 Å².